The van der Waals surface area contributed by atoms with E-state index >= 15 is 0 Å². The van der Waals surface area contributed by atoms with Gasteiger partial charge in [-0.25, -0.2) is 4.68 Å². The molecule has 156 valence electrons. The molecule has 0 atom stereocenters. The van der Waals surface area contributed by atoms with Gasteiger partial charge in [-0.15, -0.1) is 5.10 Å². The zero-order chi connectivity index (χ0) is 20.9. The Morgan fingerprint density at radius 3 is 2.80 bits per heavy atom. The van der Waals surface area contributed by atoms with Crippen LogP contribution in [0.15, 0.2) is 52.9 Å². The highest BCUT2D eigenvalue weighted by Crippen LogP contribution is 2.35. The van der Waals surface area contributed by atoms with Gasteiger partial charge in [0.25, 0.3) is 4.84 Å². The van der Waals surface area contributed by atoms with E-state index in [1.165, 1.54) is 7.11 Å². The van der Waals surface area contributed by atoms with Gasteiger partial charge >= 0.3 is 5.97 Å². The van der Waals surface area contributed by atoms with Crippen LogP contribution in [0.4, 0.5) is 0 Å². The number of methoxy groups -OCH3 is 1. The Hall–Kier alpha value is -3.17. The van der Waals surface area contributed by atoms with Crippen LogP contribution in [0.25, 0.3) is 11.5 Å². The fourth-order valence-corrected chi connectivity index (χ4v) is 3.30. The van der Waals surface area contributed by atoms with Crippen molar-refractivity contribution in [1.82, 2.24) is 14.7 Å². The summed E-state index contributed by atoms with van der Waals surface area (Å²) in [6, 6.07) is 15.5. The second-order valence-corrected chi connectivity index (χ2v) is 7.10. The molecule has 30 heavy (non-hydrogen) atoms. The number of fused-ring (bicyclic) bond motifs is 1. The molecule has 4 rings (SSSR count). The highest BCUT2D eigenvalue weighted by atomic mass is 32.1. The summed E-state index contributed by atoms with van der Waals surface area (Å²) in [5, 5.41) is 4.53. The molecule has 1 aliphatic rings. The molecule has 8 nitrogen and oxygen atoms in total. The fourth-order valence-electron chi connectivity index (χ4n) is 3.12. The van der Waals surface area contributed by atoms with Crippen molar-refractivity contribution in [3.8, 4) is 23.0 Å². The summed E-state index contributed by atoms with van der Waals surface area (Å²) in [5.74, 6) is 1.46. The van der Waals surface area contributed by atoms with Crippen molar-refractivity contribution >= 4 is 18.2 Å². The molecule has 0 unspecified atom stereocenters. The Bertz CT molecular complexity index is 1080. The van der Waals surface area contributed by atoms with Crippen molar-refractivity contribution in [1.29, 1.82) is 0 Å². The van der Waals surface area contributed by atoms with Gasteiger partial charge in [0.2, 0.25) is 12.7 Å². The Labute approximate surface area is 178 Å². The lowest BCUT2D eigenvalue weighted by Gasteiger charge is -2.21. The van der Waals surface area contributed by atoms with Crippen molar-refractivity contribution in [3.63, 3.8) is 0 Å². The van der Waals surface area contributed by atoms with E-state index in [9.17, 15) is 4.79 Å². The summed E-state index contributed by atoms with van der Waals surface area (Å²) in [6.07, 6.45) is 0.267. The van der Waals surface area contributed by atoms with Crippen LogP contribution >= 0.6 is 12.2 Å². The molecule has 3 aromatic rings. The molecule has 0 saturated carbocycles. The molecule has 0 spiro atoms. The van der Waals surface area contributed by atoms with Gasteiger partial charge in [0.05, 0.1) is 20.2 Å². The van der Waals surface area contributed by atoms with E-state index in [0.717, 1.165) is 11.1 Å². The minimum Gasteiger partial charge on any atom is -0.469 e. The average molecular weight is 427 g/mol. The smallest absolute Gasteiger partial charge is 0.306 e. The summed E-state index contributed by atoms with van der Waals surface area (Å²) in [4.78, 5) is 14.0. The van der Waals surface area contributed by atoms with Gasteiger partial charge in [0.1, 0.15) is 0 Å². The maximum atomic E-state index is 11.6. The van der Waals surface area contributed by atoms with Gasteiger partial charge in [0.15, 0.2) is 11.5 Å². The highest BCUT2D eigenvalue weighted by Gasteiger charge is 2.18. The number of esters is 1. The first-order valence-corrected chi connectivity index (χ1v) is 9.84. The third-order valence-corrected chi connectivity index (χ3v) is 4.96. The topological polar surface area (TPSA) is 79.0 Å². The minimum absolute atomic E-state index is 0.200. The molecule has 0 fully saturated rings. The molecule has 1 aromatic heterocycles. The molecule has 0 N–H and O–H groups in total. The Morgan fingerprint density at radius 1 is 1.20 bits per heavy atom. The number of carbonyl (C=O) groups excluding carboxylic acids is 1. The normalized spacial score (nSPS) is 12.3. The Morgan fingerprint density at radius 2 is 2.00 bits per heavy atom. The van der Waals surface area contributed by atoms with Crippen LogP contribution in [0.3, 0.4) is 0 Å². The first kappa shape index (κ1) is 20.1. The van der Waals surface area contributed by atoms with E-state index in [-0.39, 0.29) is 24.0 Å². The van der Waals surface area contributed by atoms with Gasteiger partial charge in [0, 0.05) is 18.7 Å². The maximum absolute atomic E-state index is 11.6. The lowest BCUT2D eigenvalue weighted by atomic mass is 10.2. The van der Waals surface area contributed by atoms with E-state index < -0.39 is 0 Å². The molecule has 0 radical (unpaired) electrons. The van der Waals surface area contributed by atoms with E-state index in [1.54, 1.807) is 4.68 Å². The quantitative estimate of drug-likeness (QED) is 0.398. The van der Waals surface area contributed by atoms with E-state index in [2.05, 4.69) is 10.00 Å². The zero-order valence-electron chi connectivity index (χ0n) is 16.4. The second kappa shape index (κ2) is 9.10. The van der Waals surface area contributed by atoms with Crippen molar-refractivity contribution in [2.75, 3.05) is 20.4 Å². The Kier molecular flexibility index (Phi) is 6.10. The second-order valence-electron chi connectivity index (χ2n) is 6.75. The van der Waals surface area contributed by atoms with Crippen molar-refractivity contribution < 1.29 is 23.4 Å². The summed E-state index contributed by atoms with van der Waals surface area (Å²) in [7, 11) is 1.38. The molecule has 0 aliphatic carbocycles. The zero-order valence-corrected chi connectivity index (χ0v) is 17.3. The molecule has 0 amide bonds. The molecular weight excluding hydrogens is 406 g/mol. The highest BCUT2D eigenvalue weighted by molar-refractivity contribution is 7.71. The van der Waals surface area contributed by atoms with Crippen LogP contribution in [0.1, 0.15) is 12.0 Å². The van der Waals surface area contributed by atoms with Gasteiger partial charge in [-0.1, -0.05) is 30.3 Å². The van der Waals surface area contributed by atoms with Crippen LogP contribution in [0, 0.1) is 4.84 Å². The molecule has 9 heteroatoms. The fraction of sp³-hybridized carbons (Fsp3) is 0.286. The maximum Gasteiger partial charge on any atom is 0.306 e. The van der Waals surface area contributed by atoms with Crippen LogP contribution in [0.5, 0.6) is 11.5 Å². The first-order chi connectivity index (χ1) is 14.6. The lowest BCUT2D eigenvalue weighted by Crippen LogP contribution is -2.29. The van der Waals surface area contributed by atoms with Gasteiger partial charge in [-0.2, -0.15) is 0 Å². The Balaban J connectivity index is 1.53. The van der Waals surface area contributed by atoms with Crippen LogP contribution in [-0.2, 0) is 22.7 Å². The number of benzene rings is 2. The largest absolute Gasteiger partial charge is 0.469 e. The number of nitrogens with zero attached hydrogens (tertiary/aromatic N) is 3. The average Bonchev–Trinajstić information content (AvgIpc) is 3.38. The molecule has 1 aliphatic heterocycles. The summed E-state index contributed by atoms with van der Waals surface area (Å²) < 4.78 is 22.8. The SMILES string of the molecule is COC(=O)CCN(Cc1ccccc1)Cn1nc(-c2ccc3c(c2)OCO3)oc1=S. The molecule has 0 bridgehead atoms. The predicted molar refractivity (Wildman–Crippen MR) is 110 cm³/mol. The van der Waals surface area contributed by atoms with Crippen molar-refractivity contribution in [2.45, 2.75) is 19.6 Å². The van der Waals surface area contributed by atoms with Crippen molar-refractivity contribution in [2.24, 2.45) is 0 Å². The molecule has 2 aromatic carbocycles. The molecular formula is C21H21N3O5S. The summed E-state index contributed by atoms with van der Waals surface area (Å²) >= 11 is 5.37. The van der Waals surface area contributed by atoms with Gasteiger partial charge < -0.3 is 18.6 Å². The van der Waals surface area contributed by atoms with E-state index in [0.29, 0.717) is 37.1 Å². The predicted octanol–water partition coefficient (Wildman–Crippen LogP) is 3.62. The van der Waals surface area contributed by atoms with Crippen LogP contribution in [0.2, 0.25) is 0 Å². The van der Waals surface area contributed by atoms with Crippen molar-refractivity contribution in [3.05, 3.63) is 58.9 Å². The number of carbonyl (C=O) groups is 1. The number of aromatic nitrogens is 2. The third-order valence-electron chi connectivity index (χ3n) is 4.67. The van der Waals surface area contributed by atoms with E-state index in [4.69, 9.17) is 30.8 Å². The van der Waals surface area contributed by atoms with Gasteiger partial charge in [-0.05, 0) is 36.0 Å². The van der Waals surface area contributed by atoms with Crippen LogP contribution in [-0.4, -0.2) is 41.1 Å². The lowest BCUT2D eigenvalue weighted by molar-refractivity contribution is -0.141. The minimum atomic E-state index is -0.266. The van der Waals surface area contributed by atoms with Gasteiger partial charge in [-0.3, -0.25) is 9.69 Å². The number of hydrogen-bond donors (Lipinski definition) is 0. The summed E-state index contributed by atoms with van der Waals surface area (Å²) in [6.45, 7) is 1.70. The number of rotatable bonds is 8. The number of ether oxygens (including phenoxy) is 3. The van der Waals surface area contributed by atoms with Crippen LogP contribution < -0.4 is 9.47 Å². The third kappa shape index (κ3) is 4.69. The first-order valence-electron chi connectivity index (χ1n) is 9.43. The molecule has 0 saturated heterocycles. The van der Waals surface area contributed by atoms with E-state index in [1.807, 2.05) is 48.5 Å². The monoisotopic (exact) mass is 427 g/mol. The summed E-state index contributed by atoms with van der Waals surface area (Å²) in [5.41, 5.74) is 1.86. The number of hydrogen-bond acceptors (Lipinski definition) is 8. The molecule has 2 heterocycles. The standard InChI is InChI=1S/C21H21N3O5S/c1-26-19(25)9-10-23(12-15-5-3-2-4-6-15)13-24-21(30)29-20(22-24)16-7-8-17-18(11-16)28-14-27-17/h2-8,11H,9-10,12-14H2,1H3.